The molecule has 2 rings (SSSR count). The maximum Gasteiger partial charge on any atom is 0.139 e. The standard InChI is InChI=1S/C13H11ClN2O2/c1-8-4-5-9(7-11(8)14)16-12-10(13(17)18)3-2-6-15-12/h2-7H,1H3,(H,15,16)(H,17,18)/p-1. The third kappa shape index (κ3) is 2.60. The highest BCUT2D eigenvalue weighted by Crippen LogP contribution is 2.23. The second kappa shape index (κ2) is 5.06. The van der Waals surface area contributed by atoms with E-state index >= 15 is 0 Å². The molecule has 1 N–H and O–H groups in total. The lowest BCUT2D eigenvalue weighted by Crippen LogP contribution is -2.23. The van der Waals surface area contributed by atoms with E-state index in [0.29, 0.717) is 10.7 Å². The van der Waals surface area contributed by atoms with E-state index in [-0.39, 0.29) is 11.4 Å². The summed E-state index contributed by atoms with van der Waals surface area (Å²) in [6, 6.07) is 8.32. The summed E-state index contributed by atoms with van der Waals surface area (Å²) in [6.45, 7) is 1.89. The Kier molecular flexibility index (Phi) is 3.48. The molecule has 0 saturated carbocycles. The molecule has 0 radical (unpaired) electrons. The number of hydrogen-bond acceptors (Lipinski definition) is 4. The molecule has 0 aliphatic rings. The van der Waals surface area contributed by atoms with E-state index in [1.807, 2.05) is 13.0 Å². The van der Waals surface area contributed by atoms with Gasteiger partial charge < -0.3 is 15.2 Å². The van der Waals surface area contributed by atoms with Crippen molar-refractivity contribution in [2.24, 2.45) is 0 Å². The fourth-order valence-electron chi connectivity index (χ4n) is 1.48. The molecule has 5 heteroatoms. The Morgan fingerprint density at radius 3 is 2.83 bits per heavy atom. The van der Waals surface area contributed by atoms with Gasteiger partial charge in [0.1, 0.15) is 5.82 Å². The molecule has 0 bridgehead atoms. The van der Waals surface area contributed by atoms with Gasteiger partial charge in [-0.25, -0.2) is 4.98 Å². The van der Waals surface area contributed by atoms with Crippen molar-refractivity contribution in [2.45, 2.75) is 6.92 Å². The normalized spacial score (nSPS) is 10.1. The molecule has 1 aromatic heterocycles. The van der Waals surface area contributed by atoms with Gasteiger partial charge in [-0.15, -0.1) is 0 Å². The van der Waals surface area contributed by atoms with Crippen LogP contribution in [0.5, 0.6) is 0 Å². The molecule has 4 nitrogen and oxygen atoms in total. The average molecular weight is 262 g/mol. The zero-order valence-electron chi connectivity index (χ0n) is 9.61. The minimum atomic E-state index is -1.27. The molecule has 1 heterocycles. The number of nitrogens with one attached hydrogen (secondary N) is 1. The number of anilines is 2. The Morgan fingerprint density at radius 2 is 2.17 bits per heavy atom. The van der Waals surface area contributed by atoms with Crippen molar-refractivity contribution < 1.29 is 9.90 Å². The van der Waals surface area contributed by atoms with E-state index < -0.39 is 5.97 Å². The zero-order chi connectivity index (χ0) is 13.1. The van der Waals surface area contributed by atoms with Crippen molar-refractivity contribution in [3.8, 4) is 0 Å². The van der Waals surface area contributed by atoms with E-state index in [1.54, 1.807) is 18.2 Å². The van der Waals surface area contributed by atoms with Gasteiger partial charge in [0.2, 0.25) is 0 Å². The van der Waals surface area contributed by atoms with Gasteiger partial charge in [-0.05, 0) is 36.8 Å². The first-order valence-electron chi connectivity index (χ1n) is 5.27. The van der Waals surface area contributed by atoms with Gasteiger partial charge in [-0.3, -0.25) is 0 Å². The summed E-state index contributed by atoms with van der Waals surface area (Å²) in [6.07, 6.45) is 1.50. The molecule has 0 amide bonds. The molecule has 0 aliphatic heterocycles. The van der Waals surface area contributed by atoms with Crippen molar-refractivity contribution in [1.82, 2.24) is 4.98 Å². The smallest absolute Gasteiger partial charge is 0.139 e. The van der Waals surface area contributed by atoms with Crippen molar-refractivity contribution in [1.29, 1.82) is 0 Å². The van der Waals surface area contributed by atoms with E-state index in [1.165, 1.54) is 12.3 Å². The number of pyridine rings is 1. The van der Waals surface area contributed by atoms with E-state index in [2.05, 4.69) is 10.3 Å². The molecular weight excluding hydrogens is 252 g/mol. The third-order valence-corrected chi connectivity index (χ3v) is 2.87. The highest BCUT2D eigenvalue weighted by Gasteiger charge is 2.05. The average Bonchev–Trinajstić information content (AvgIpc) is 2.34. The first-order chi connectivity index (χ1) is 8.58. The van der Waals surface area contributed by atoms with Crippen molar-refractivity contribution in [2.75, 3.05) is 5.32 Å². The van der Waals surface area contributed by atoms with E-state index in [4.69, 9.17) is 11.6 Å². The molecule has 0 fully saturated rings. The summed E-state index contributed by atoms with van der Waals surface area (Å²) < 4.78 is 0. The van der Waals surface area contributed by atoms with Gasteiger partial charge in [0.05, 0.1) is 5.97 Å². The Morgan fingerprint density at radius 1 is 1.39 bits per heavy atom. The van der Waals surface area contributed by atoms with Gasteiger partial charge in [0.15, 0.2) is 0 Å². The largest absolute Gasteiger partial charge is 0.545 e. The maximum absolute atomic E-state index is 10.9. The second-order valence-corrected chi connectivity index (χ2v) is 4.18. The van der Waals surface area contributed by atoms with Crippen LogP contribution in [0.15, 0.2) is 36.5 Å². The number of aromatic carboxylic acids is 1. The Hall–Kier alpha value is -2.07. The number of carbonyl (C=O) groups excluding carboxylic acids is 1. The van der Waals surface area contributed by atoms with Crippen LogP contribution in [0.3, 0.4) is 0 Å². The predicted molar refractivity (Wildman–Crippen MR) is 68.0 cm³/mol. The Labute approximate surface area is 109 Å². The summed E-state index contributed by atoms with van der Waals surface area (Å²) in [5.41, 5.74) is 1.63. The Balaban J connectivity index is 2.34. The quantitative estimate of drug-likeness (QED) is 0.919. The molecule has 0 saturated heterocycles. The van der Waals surface area contributed by atoms with Crippen molar-refractivity contribution in [3.63, 3.8) is 0 Å². The predicted octanol–water partition coefficient (Wildman–Crippen LogP) is 2.15. The number of carbonyl (C=O) groups is 1. The number of carboxylic acid groups (broad SMARTS) is 1. The van der Waals surface area contributed by atoms with Gasteiger partial charge in [0.25, 0.3) is 0 Å². The fourth-order valence-corrected chi connectivity index (χ4v) is 1.66. The van der Waals surface area contributed by atoms with Crippen LogP contribution in [0.25, 0.3) is 0 Å². The van der Waals surface area contributed by atoms with Crippen LogP contribution in [0.1, 0.15) is 15.9 Å². The van der Waals surface area contributed by atoms with Crippen LogP contribution in [-0.2, 0) is 0 Å². The monoisotopic (exact) mass is 261 g/mol. The summed E-state index contributed by atoms with van der Waals surface area (Å²) in [5.74, 6) is -1.04. The number of nitrogens with zero attached hydrogens (tertiary/aromatic N) is 1. The second-order valence-electron chi connectivity index (χ2n) is 3.78. The molecular formula is C13H10ClN2O2-. The molecule has 0 spiro atoms. The SMILES string of the molecule is Cc1ccc(Nc2ncccc2C(=O)[O-])cc1Cl. The lowest BCUT2D eigenvalue weighted by atomic mass is 10.2. The first kappa shape index (κ1) is 12.4. The molecule has 0 aliphatic carbocycles. The molecule has 92 valence electrons. The molecule has 1 aromatic carbocycles. The topological polar surface area (TPSA) is 65.0 Å². The molecule has 2 aromatic rings. The maximum atomic E-state index is 10.9. The number of rotatable bonds is 3. The fraction of sp³-hybridized carbons (Fsp3) is 0.0769. The lowest BCUT2D eigenvalue weighted by molar-refractivity contribution is -0.254. The number of benzene rings is 1. The molecule has 0 unspecified atom stereocenters. The van der Waals surface area contributed by atoms with Crippen LogP contribution in [-0.4, -0.2) is 11.0 Å². The summed E-state index contributed by atoms with van der Waals surface area (Å²) in [4.78, 5) is 14.9. The van der Waals surface area contributed by atoms with Crippen LogP contribution < -0.4 is 10.4 Å². The van der Waals surface area contributed by atoms with Crippen LogP contribution in [0.2, 0.25) is 5.02 Å². The number of carboxylic acids is 1. The molecule has 18 heavy (non-hydrogen) atoms. The van der Waals surface area contributed by atoms with Crippen LogP contribution in [0, 0.1) is 6.92 Å². The first-order valence-corrected chi connectivity index (χ1v) is 5.65. The highest BCUT2D eigenvalue weighted by atomic mass is 35.5. The number of aryl methyl sites for hydroxylation is 1. The van der Waals surface area contributed by atoms with Gasteiger partial charge in [-0.1, -0.05) is 17.7 Å². The van der Waals surface area contributed by atoms with Crippen molar-refractivity contribution >= 4 is 29.1 Å². The number of halogens is 1. The number of hydrogen-bond donors (Lipinski definition) is 1. The van der Waals surface area contributed by atoms with E-state index in [9.17, 15) is 9.90 Å². The lowest BCUT2D eigenvalue weighted by Gasteiger charge is -2.11. The van der Waals surface area contributed by atoms with Gasteiger partial charge >= 0.3 is 0 Å². The van der Waals surface area contributed by atoms with Crippen LogP contribution >= 0.6 is 11.6 Å². The molecule has 0 atom stereocenters. The zero-order valence-corrected chi connectivity index (χ0v) is 10.4. The Bertz CT molecular complexity index is 599. The van der Waals surface area contributed by atoms with Gasteiger partial charge in [0, 0.05) is 22.5 Å². The van der Waals surface area contributed by atoms with E-state index in [0.717, 1.165) is 5.56 Å². The van der Waals surface area contributed by atoms with Crippen molar-refractivity contribution in [3.05, 3.63) is 52.7 Å². The number of aromatic nitrogens is 1. The van der Waals surface area contributed by atoms with Gasteiger partial charge in [-0.2, -0.15) is 0 Å². The minimum Gasteiger partial charge on any atom is -0.545 e. The minimum absolute atomic E-state index is 0.00852. The van der Waals surface area contributed by atoms with Crippen LogP contribution in [0.4, 0.5) is 11.5 Å². The third-order valence-electron chi connectivity index (χ3n) is 2.46. The highest BCUT2D eigenvalue weighted by molar-refractivity contribution is 6.31. The summed E-state index contributed by atoms with van der Waals surface area (Å²) in [5, 5.41) is 14.4. The summed E-state index contributed by atoms with van der Waals surface area (Å²) in [7, 11) is 0. The summed E-state index contributed by atoms with van der Waals surface area (Å²) >= 11 is 5.99.